The van der Waals surface area contributed by atoms with Crippen LogP contribution in [0.25, 0.3) is 0 Å². The lowest BCUT2D eigenvalue weighted by molar-refractivity contribution is 0.112. The first-order chi connectivity index (χ1) is 9.65. The molecule has 0 amide bonds. The number of allylic oxidation sites excluding steroid dienone is 1. The molecule has 3 nitrogen and oxygen atoms in total. The minimum atomic E-state index is 0.202. The van der Waals surface area contributed by atoms with Gasteiger partial charge in [-0.2, -0.15) is 5.10 Å². The van der Waals surface area contributed by atoms with Crippen LogP contribution in [0.2, 0.25) is 0 Å². The highest BCUT2D eigenvalue weighted by molar-refractivity contribution is 9.10. The van der Waals surface area contributed by atoms with Gasteiger partial charge in [-0.05, 0) is 18.1 Å². The van der Waals surface area contributed by atoms with Gasteiger partial charge in [-0.3, -0.25) is 9.48 Å². The van der Waals surface area contributed by atoms with Gasteiger partial charge in [-0.15, -0.1) is 6.58 Å². The zero-order valence-corrected chi connectivity index (χ0v) is 13.0. The van der Waals surface area contributed by atoms with Crippen LogP contribution in [0.15, 0.2) is 47.6 Å². The number of hydrogen-bond donors (Lipinski definition) is 0. The van der Waals surface area contributed by atoms with Crippen LogP contribution in [-0.4, -0.2) is 16.1 Å². The molecular formula is C16H17BrN2O. The summed E-state index contributed by atoms with van der Waals surface area (Å²) in [5.74, 6) is 0.202. The molecule has 0 saturated heterocycles. The zero-order chi connectivity index (χ0) is 14.5. The number of aldehydes is 1. The summed E-state index contributed by atoms with van der Waals surface area (Å²) in [5, 5.41) is 4.55. The van der Waals surface area contributed by atoms with E-state index in [1.165, 1.54) is 0 Å². The summed E-state index contributed by atoms with van der Waals surface area (Å²) in [6, 6.07) is 8.01. The van der Waals surface area contributed by atoms with Crippen LogP contribution >= 0.6 is 15.9 Å². The molecule has 1 heterocycles. The van der Waals surface area contributed by atoms with Gasteiger partial charge in [0.05, 0.1) is 17.8 Å². The fourth-order valence-corrected chi connectivity index (χ4v) is 2.58. The number of halogens is 1. The Balaban J connectivity index is 2.28. The van der Waals surface area contributed by atoms with Crippen LogP contribution in [0.3, 0.4) is 0 Å². The van der Waals surface area contributed by atoms with Crippen molar-refractivity contribution in [3.63, 3.8) is 0 Å². The van der Waals surface area contributed by atoms with Gasteiger partial charge in [0.1, 0.15) is 0 Å². The van der Waals surface area contributed by atoms with Crippen LogP contribution < -0.4 is 0 Å². The maximum absolute atomic E-state index is 11.2. The third-order valence-corrected chi connectivity index (χ3v) is 4.00. The van der Waals surface area contributed by atoms with Crippen molar-refractivity contribution in [2.24, 2.45) is 0 Å². The predicted molar refractivity (Wildman–Crippen MR) is 84.1 cm³/mol. The zero-order valence-electron chi connectivity index (χ0n) is 11.4. The highest BCUT2D eigenvalue weighted by atomic mass is 79.9. The number of hydrogen-bond acceptors (Lipinski definition) is 2. The smallest absolute Gasteiger partial charge is 0.153 e. The first-order valence-electron chi connectivity index (χ1n) is 6.52. The Kier molecular flexibility index (Phi) is 4.90. The molecule has 0 bridgehead atoms. The number of rotatable bonds is 6. The van der Waals surface area contributed by atoms with E-state index in [1.807, 2.05) is 35.0 Å². The Morgan fingerprint density at radius 3 is 2.85 bits per heavy atom. The third-order valence-electron chi connectivity index (χ3n) is 3.22. The van der Waals surface area contributed by atoms with E-state index in [0.29, 0.717) is 12.1 Å². The first-order valence-corrected chi connectivity index (χ1v) is 7.31. The van der Waals surface area contributed by atoms with Crippen LogP contribution in [0, 0.1) is 0 Å². The molecule has 2 rings (SSSR count). The van der Waals surface area contributed by atoms with Gasteiger partial charge < -0.3 is 0 Å². The summed E-state index contributed by atoms with van der Waals surface area (Å²) in [6.07, 6.45) is 5.35. The average molecular weight is 333 g/mol. The second kappa shape index (κ2) is 6.66. The van der Waals surface area contributed by atoms with E-state index in [2.05, 4.69) is 34.5 Å². The van der Waals surface area contributed by atoms with E-state index in [4.69, 9.17) is 0 Å². The van der Waals surface area contributed by atoms with Crippen LogP contribution in [0.5, 0.6) is 0 Å². The Labute approximate surface area is 127 Å². The summed E-state index contributed by atoms with van der Waals surface area (Å²) in [4.78, 5) is 11.2. The molecule has 1 atom stereocenters. The molecule has 0 aliphatic rings. The summed E-state index contributed by atoms with van der Waals surface area (Å²) >= 11 is 3.53. The van der Waals surface area contributed by atoms with Crippen molar-refractivity contribution in [1.29, 1.82) is 0 Å². The minimum absolute atomic E-state index is 0.202. The summed E-state index contributed by atoms with van der Waals surface area (Å²) in [7, 11) is 0. The molecule has 0 fully saturated rings. The Morgan fingerprint density at radius 1 is 1.45 bits per heavy atom. The molecule has 20 heavy (non-hydrogen) atoms. The van der Waals surface area contributed by atoms with E-state index in [1.54, 1.807) is 6.20 Å². The van der Waals surface area contributed by atoms with E-state index >= 15 is 0 Å². The second-order valence-electron chi connectivity index (χ2n) is 4.80. The molecule has 1 aromatic heterocycles. The fraction of sp³-hybridized carbons (Fsp3) is 0.250. The van der Waals surface area contributed by atoms with Crippen molar-refractivity contribution in [2.75, 3.05) is 0 Å². The number of carbonyl (C=O) groups excluding carboxylic acids is 1. The molecule has 1 unspecified atom stereocenters. The maximum atomic E-state index is 11.2. The second-order valence-corrected chi connectivity index (χ2v) is 5.66. The summed E-state index contributed by atoms with van der Waals surface area (Å²) in [5.41, 5.74) is 2.63. The largest absolute Gasteiger partial charge is 0.298 e. The molecule has 0 spiro atoms. The van der Waals surface area contributed by atoms with Gasteiger partial charge in [-0.25, -0.2) is 0 Å². The molecule has 1 aromatic carbocycles. The van der Waals surface area contributed by atoms with Crippen molar-refractivity contribution >= 4 is 22.2 Å². The Morgan fingerprint density at radius 2 is 2.20 bits per heavy atom. The fourth-order valence-electron chi connectivity index (χ4n) is 2.17. The first kappa shape index (κ1) is 14.7. The number of nitrogens with zero attached hydrogens (tertiary/aromatic N) is 2. The lowest BCUT2D eigenvalue weighted by atomic mass is 10.0. The van der Waals surface area contributed by atoms with Gasteiger partial charge >= 0.3 is 0 Å². The van der Waals surface area contributed by atoms with Crippen LogP contribution in [0.4, 0.5) is 0 Å². The van der Waals surface area contributed by atoms with Gasteiger partial charge in [-0.1, -0.05) is 47.1 Å². The Bertz CT molecular complexity index is 619. The molecule has 0 radical (unpaired) electrons. The van der Waals surface area contributed by atoms with Gasteiger partial charge in [0.2, 0.25) is 0 Å². The molecule has 4 heteroatoms. The number of aromatic nitrogens is 2. The molecule has 104 valence electrons. The van der Waals surface area contributed by atoms with Crippen molar-refractivity contribution in [3.8, 4) is 0 Å². The monoisotopic (exact) mass is 332 g/mol. The SMILES string of the molecule is C=CCC(C)c1nn(Cc2ccccc2Br)cc1C=O. The van der Waals surface area contributed by atoms with Crippen molar-refractivity contribution in [2.45, 2.75) is 25.8 Å². The Hall–Kier alpha value is -1.68. The average Bonchev–Trinajstić information content (AvgIpc) is 2.85. The number of benzene rings is 1. The van der Waals surface area contributed by atoms with Gasteiger partial charge in [0.25, 0.3) is 0 Å². The normalized spacial score (nSPS) is 12.1. The minimum Gasteiger partial charge on any atom is -0.298 e. The van der Waals surface area contributed by atoms with Gasteiger partial charge in [0.15, 0.2) is 6.29 Å². The summed E-state index contributed by atoms with van der Waals surface area (Å²) in [6.45, 7) is 6.44. The van der Waals surface area contributed by atoms with E-state index in [0.717, 1.165) is 28.4 Å². The highest BCUT2D eigenvalue weighted by Gasteiger charge is 2.14. The van der Waals surface area contributed by atoms with Crippen LogP contribution in [0.1, 0.15) is 40.9 Å². The summed E-state index contributed by atoms with van der Waals surface area (Å²) < 4.78 is 2.86. The molecule has 0 aliphatic carbocycles. The highest BCUT2D eigenvalue weighted by Crippen LogP contribution is 2.22. The van der Waals surface area contributed by atoms with Gasteiger partial charge in [0, 0.05) is 16.6 Å². The lowest BCUT2D eigenvalue weighted by Crippen LogP contribution is -2.03. The van der Waals surface area contributed by atoms with E-state index in [9.17, 15) is 4.79 Å². The molecule has 2 aromatic rings. The van der Waals surface area contributed by atoms with Crippen molar-refractivity contribution in [3.05, 3.63) is 64.4 Å². The number of carbonyl (C=O) groups is 1. The van der Waals surface area contributed by atoms with Crippen LogP contribution in [-0.2, 0) is 6.54 Å². The van der Waals surface area contributed by atoms with E-state index in [-0.39, 0.29) is 5.92 Å². The van der Waals surface area contributed by atoms with Crippen molar-refractivity contribution in [1.82, 2.24) is 9.78 Å². The quantitative estimate of drug-likeness (QED) is 0.587. The standard InChI is InChI=1S/C16H17BrN2O/c1-3-6-12(2)16-14(11-20)10-19(18-16)9-13-7-4-5-8-15(13)17/h3-5,7-8,10-12H,1,6,9H2,2H3. The topological polar surface area (TPSA) is 34.9 Å². The molecule has 0 N–H and O–H groups in total. The lowest BCUT2D eigenvalue weighted by Gasteiger charge is -2.06. The molecule has 0 aliphatic heterocycles. The molecule has 0 saturated carbocycles. The third kappa shape index (κ3) is 3.25. The van der Waals surface area contributed by atoms with E-state index < -0.39 is 0 Å². The maximum Gasteiger partial charge on any atom is 0.153 e. The van der Waals surface area contributed by atoms with Crippen molar-refractivity contribution < 1.29 is 4.79 Å². The predicted octanol–water partition coefficient (Wildman–Crippen LogP) is 4.19. The molecular weight excluding hydrogens is 316 g/mol.